The van der Waals surface area contributed by atoms with Crippen molar-refractivity contribution in [3.8, 4) is 0 Å². The molecule has 2 heterocycles. The first kappa shape index (κ1) is 11.0. The van der Waals surface area contributed by atoms with Gasteiger partial charge in [-0.05, 0) is 12.1 Å². The summed E-state index contributed by atoms with van der Waals surface area (Å²) in [5.74, 6) is 0.769. The molecule has 0 bridgehead atoms. The van der Waals surface area contributed by atoms with Gasteiger partial charge in [-0.1, -0.05) is 0 Å². The maximum Gasteiger partial charge on any atom is 0.151 e. The highest BCUT2D eigenvalue weighted by molar-refractivity contribution is 7.07. The Morgan fingerprint density at radius 3 is 2.75 bits per heavy atom. The minimum atomic E-state index is -0.0803. The van der Waals surface area contributed by atoms with Gasteiger partial charge in [0, 0.05) is 12.4 Å². The van der Waals surface area contributed by atoms with Gasteiger partial charge in [-0.3, -0.25) is 0 Å². The molecule has 16 heavy (non-hydrogen) atoms. The van der Waals surface area contributed by atoms with E-state index in [0.29, 0.717) is 12.2 Å². The van der Waals surface area contributed by atoms with E-state index in [9.17, 15) is 0 Å². The van der Waals surface area contributed by atoms with Gasteiger partial charge in [-0.2, -0.15) is 5.10 Å². The zero-order chi connectivity index (χ0) is 11.4. The highest BCUT2D eigenvalue weighted by atomic mass is 32.1. The highest BCUT2D eigenvalue weighted by Crippen LogP contribution is 2.11. The van der Waals surface area contributed by atoms with Gasteiger partial charge in [0.2, 0.25) is 0 Å². The van der Waals surface area contributed by atoms with E-state index in [1.54, 1.807) is 17.4 Å². The van der Waals surface area contributed by atoms with E-state index in [1.807, 2.05) is 28.9 Å². The van der Waals surface area contributed by atoms with E-state index in [-0.39, 0.29) is 6.61 Å². The smallest absolute Gasteiger partial charge is 0.151 e. The molecule has 0 unspecified atom stereocenters. The molecule has 1 N–H and O–H groups in total. The first-order valence-electron chi connectivity index (χ1n) is 4.81. The molecule has 0 saturated heterocycles. The second-order valence-corrected chi connectivity index (χ2v) is 4.10. The molecule has 84 valence electrons. The number of rotatable bonds is 4. The van der Waals surface area contributed by atoms with Crippen LogP contribution in [0.2, 0.25) is 0 Å². The average molecular weight is 236 g/mol. The fourth-order valence-electron chi connectivity index (χ4n) is 1.28. The summed E-state index contributed by atoms with van der Waals surface area (Å²) in [6, 6.07) is 3.60. The zero-order valence-corrected chi connectivity index (χ0v) is 9.68. The highest BCUT2D eigenvalue weighted by Gasteiger charge is 2.05. The van der Waals surface area contributed by atoms with E-state index in [1.165, 1.54) is 0 Å². The quantitative estimate of drug-likeness (QED) is 0.860. The third-order valence-electron chi connectivity index (χ3n) is 2.14. The molecule has 2 rings (SSSR count). The number of hydrogen-bond donors (Lipinski definition) is 1. The molecular formula is C10H12N4OS. The van der Waals surface area contributed by atoms with Crippen LogP contribution in [0.1, 0.15) is 11.4 Å². The lowest BCUT2D eigenvalue weighted by Crippen LogP contribution is -2.18. The van der Waals surface area contributed by atoms with Gasteiger partial charge in [-0.25, -0.2) is 4.98 Å². The summed E-state index contributed by atoms with van der Waals surface area (Å²) < 4.78 is 0. The van der Waals surface area contributed by atoms with Crippen LogP contribution < -0.4 is 4.90 Å². The van der Waals surface area contributed by atoms with Crippen LogP contribution in [0.4, 0.5) is 5.82 Å². The molecule has 0 aliphatic heterocycles. The van der Waals surface area contributed by atoms with Crippen LogP contribution in [0.3, 0.4) is 0 Å². The summed E-state index contributed by atoms with van der Waals surface area (Å²) in [6.45, 7) is 0.625. The number of aliphatic hydroxyl groups excluding tert-OH is 1. The summed E-state index contributed by atoms with van der Waals surface area (Å²) >= 11 is 1.58. The number of thiazole rings is 1. The van der Waals surface area contributed by atoms with Crippen molar-refractivity contribution < 1.29 is 5.11 Å². The van der Waals surface area contributed by atoms with Gasteiger partial charge in [0.15, 0.2) is 5.82 Å². The monoisotopic (exact) mass is 236 g/mol. The fraction of sp³-hybridized carbons (Fsp3) is 0.300. The average Bonchev–Trinajstić information content (AvgIpc) is 2.82. The Morgan fingerprint density at radius 2 is 2.19 bits per heavy atom. The molecule has 0 fully saturated rings. The minimum Gasteiger partial charge on any atom is -0.390 e. The van der Waals surface area contributed by atoms with Gasteiger partial charge in [0.05, 0.1) is 30.1 Å². The second-order valence-electron chi connectivity index (χ2n) is 3.38. The van der Waals surface area contributed by atoms with Crippen LogP contribution >= 0.6 is 11.3 Å². The number of aromatic nitrogens is 3. The van der Waals surface area contributed by atoms with E-state index >= 15 is 0 Å². The largest absolute Gasteiger partial charge is 0.390 e. The van der Waals surface area contributed by atoms with Crippen LogP contribution in [-0.2, 0) is 13.2 Å². The summed E-state index contributed by atoms with van der Waals surface area (Å²) in [7, 11) is 1.93. The van der Waals surface area contributed by atoms with E-state index in [4.69, 9.17) is 5.11 Å². The zero-order valence-electron chi connectivity index (χ0n) is 8.87. The van der Waals surface area contributed by atoms with Crippen molar-refractivity contribution in [2.75, 3.05) is 11.9 Å². The lowest BCUT2D eigenvalue weighted by molar-refractivity contribution is 0.275. The Morgan fingerprint density at radius 1 is 1.31 bits per heavy atom. The molecule has 0 radical (unpaired) electrons. The van der Waals surface area contributed by atoms with Crippen LogP contribution in [0, 0.1) is 0 Å². The Hall–Kier alpha value is -1.53. The fourth-order valence-corrected chi connectivity index (χ4v) is 1.83. The molecule has 0 saturated carbocycles. The summed E-state index contributed by atoms with van der Waals surface area (Å²) in [4.78, 5) is 6.17. The lowest BCUT2D eigenvalue weighted by Gasteiger charge is -2.15. The van der Waals surface area contributed by atoms with Crippen LogP contribution in [0.5, 0.6) is 0 Å². The minimum absolute atomic E-state index is 0.0803. The summed E-state index contributed by atoms with van der Waals surface area (Å²) in [5.41, 5.74) is 3.40. The maximum atomic E-state index is 8.85. The van der Waals surface area contributed by atoms with Gasteiger partial charge in [0.1, 0.15) is 0 Å². The van der Waals surface area contributed by atoms with E-state index in [2.05, 4.69) is 15.2 Å². The number of anilines is 1. The van der Waals surface area contributed by atoms with E-state index in [0.717, 1.165) is 11.5 Å². The molecule has 6 heteroatoms. The summed E-state index contributed by atoms with van der Waals surface area (Å²) in [6.07, 6.45) is 0. The Balaban J connectivity index is 2.05. The molecule has 5 nitrogen and oxygen atoms in total. The molecule has 2 aromatic heterocycles. The first-order chi connectivity index (χ1) is 7.79. The van der Waals surface area contributed by atoms with E-state index < -0.39 is 0 Å². The van der Waals surface area contributed by atoms with Gasteiger partial charge in [-0.15, -0.1) is 16.4 Å². The van der Waals surface area contributed by atoms with Gasteiger partial charge in [0.25, 0.3) is 0 Å². The predicted molar refractivity (Wildman–Crippen MR) is 62.2 cm³/mol. The molecule has 0 amide bonds. The number of nitrogens with zero attached hydrogens (tertiary/aromatic N) is 4. The molecule has 0 aromatic carbocycles. The lowest BCUT2D eigenvalue weighted by atomic mass is 10.3. The predicted octanol–water partition coefficient (Wildman–Crippen LogP) is 1.06. The third-order valence-corrected chi connectivity index (χ3v) is 2.78. The molecule has 0 aliphatic carbocycles. The Labute approximate surface area is 97.4 Å². The molecule has 0 spiro atoms. The van der Waals surface area contributed by atoms with Crippen LogP contribution in [0.25, 0.3) is 0 Å². The molecular weight excluding hydrogens is 224 g/mol. The molecule has 0 atom stereocenters. The number of hydrogen-bond acceptors (Lipinski definition) is 6. The first-order valence-corrected chi connectivity index (χ1v) is 5.75. The standard InChI is InChI=1S/C10H12N4OS/c1-14(4-9-6-16-7-11-9)10-3-2-8(5-15)12-13-10/h2-3,6-7,15H,4-5H2,1H3. The molecule has 2 aromatic rings. The third kappa shape index (κ3) is 2.53. The molecule has 0 aliphatic rings. The van der Waals surface area contributed by atoms with Crippen molar-refractivity contribution in [1.82, 2.24) is 15.2 Å². The second kappa shape index (κ2) is 5.00. The summed E-state index contributed by atoms with van der Waals surface area (Å²) in [5, 5.41) is 18.8. The van der Waals surface area contributed by atoms with Gasteiger partial charge >= 0.3 is 0 Å². The SMILES string of the molecule is CN(Cc1cscn1)c1ccc(CO)nn1. The van der Waals surface area contributed by atoms with Crippen LogP contribution in [-0.4, -0.2) is 27.3 Å². The Bertz CT molecular complexity index is 429. The van der Waals surface area contributed by atoms with Crippen LogP contribution in [0.15, 0.2) is 23.0 Å². The Kier molecular flexibility index (Phi) is 3.43. The number of aliphatic hydroxyl groups is 1. The van der Waals surface area contributed by atoms with Crippen molar-refractivity contribution >= 4 is 17.2 Å². The van der Waals surface area contributed by atoms with Crippen molar-refractivity contribution in [2.24, 2.45) is 0 Å². The normalized spacial score (nSPS) is 10.4. The van der Waals surface area contributed by atoms with Crippen molar-refractivity contribution in [1.29, 1.82) is 0 Å². The van der Waals surface area contributed by atoms with Gasteiger partial charge < -0.3 is 10.0 Å². The van der Waals surface area contributed by atoms with Crippen molar-refractivity contribution in [3.05, 3.63) is 34.4 Å². The topological polar surface area (TPSA) is 62.1 Å². The van der Waals surface area contributed by atoms with Crippen molar-refractivity contribution in [2.45, 2.75) is 13.2 Å². The van der Waals surface area contributed by atoms with Crippen molar-refractivity contribution in [3.63, 3.8) is 0 Å². The maximum absolute atomic E-state index is 8.85.